The van der Waals surface area contributed by atoms with Gasteiger partial charge in [-0.25, -0.2) is 0 Å². The summed E-state index contributed by atoms with van der Waals surface area (Å²) in [5.41, 5.74) is 1.63. The van der Waals surface area contributed by atoms with Gasteiger partial charge in [-0.2, -0.15) is 0 Å². The Morgan fingerprint density at radius 2 is 2.09 bits per heavy atom. The van der Waals surface area contributed by atoms with Crippen LogP contribution in [0.3, 0.4) is 0 Å². The smallest absolute Gasteiger partial charge is 0.306 e. The van der Waals surface area contributed by atoms with Crippen LogP contribution in [0.15, 0.2) is 40.9 Å². The molecule has 0 spiro atoms. The minimum Gasteiger partial charge on any atom is -0.459 e. The Morgan fingerprint density at radius 3 is 2.83 bits per heavy atom. The monoisotopic (exact) mass is 311 g/mol. The number of ether oxygens (including phenoxy) is 1. The maximum absolute atomic E-state index is 12.0. The molecule has 23 heavy (non-hydrogen) atoms. The van der Waals surface area contributed by atoms with Crippen LogP contribution in [0.4, 0.5) is 0 Å². The quantitative estimate of drug-likeness (QED) is 0.776. The summed E-state index contributed by atoms with van der Waals surface area (Å²) in [5, 5.41) is 3.98. The minimum absolute atomic E-state index is 0.105. The zero-order valence-corrected chi connectivity index (χ0v) is 13.1. The predicted molar refractivity (Wildman–Crippen MR) is 85.3 cm³/mol. The van der Waals surface area contributed by atoms with E-state index < -0.39 is 0 Å². The van der Waals surface area contributed by atoms with Gasteiger partial charge in [0.05, 0.1) is 0 Å². The van der Waals surface area contributed by atoms with Gasteiger partial charge >= 0.3 is 5.97 Å². The predicted octanol–water partition coefficient (Wildman–Crippen LogP) is 4.21. The number of rotatable bonds is 5. The van der Waals surface area contributed by atoms with Crippen LogP contribution < -0.4 is 0 Å². The summed E-state index contributed by atoms with van der Waals surface area (Å²) in [6, 6.07) is 11.6. The van der Waals surface area contributed by atoms with Crippen LogP contribution in [-0.4, -0.2) is 11.1 Å². The zero-order valence-electron chi connectivity index (χ0n) is 13.1. The summed E-state index contributed by atoms with van der Waals surface area (Å²) in [6.45, 7) is 0.190. The van der Waals surface area contributed by atoms with Crippen molar-refractivity contribution in [1.82, 2.24) is 5.16 Å². The molecule has 0 radical (unpaired) electrons. The average Bonchev–Trinajstić information content (AvgIpc) is 3.30. The topological polar surface area (TPSA) is 52.3 Å². The van der Waals surface area contributed by atoms with Crippen molar-refractivity contribution >= 4 is 5.97 Å². The number of carbonyl (C=O) groups excluding carboxylic acids is 1. The molecule has 1 aromatic carbocycles. The van der Waals surface area contributed by atoms with Gasteiger partial charge in [-0.3, -0.25) is 4.79 Å². The third-order valence-electron chi connectivity index (χ3n) is 5.31. The molecule has 0 unspecified atom stereocenters. The molecule has 2 aliphatic carbocycles. The van der Waals surface area contributed by atoms with Crippen LogP contribution >= 0.6 is 0 Å². The largest absolute Gasteiger partial charge is 0.459 e. The summed E-state index contributed by atoms with van der Waals surface area (Å²) < 4.78 is 10.7. The van der Waals surface area contributed by atoms with Gasteiger partial charge in [-0.05, 0) is 37.0 Å². The van der Waals surface area contributed by atoms with E-state index in [1.54, 1.807) is 0 Å². The summed E-state index contributed by atoms with van der Waals surface area (Å²) in [6.07, 6.45) is 5.75. The molecule has 2 bridgehead atoms. The van der Waals surface area contributed by atoms with Crippen molar-refractivity contribution in [3.63, 3.8) is 0 Å². The highest BCUT2D eigenvalue weighted by Gasteiger charge is 2.40. The average molecular weight is 311 g/mol. The Balaban J connectivity index is 1.29. The number of carbonyl (C=O) groups is 1. The fourth-order valence-electron chi connectivity index (χ4n) is 4.17. The first-order valence-electron chi connectivity index (χ1n) is 8.44. The van der Waals surface area contributed by atoms with E-state index in [1.165, 1.54) is 25.7 Å². The summed E-state index contributed by atoms with van der Waals surface area (Å²) in [5.74, 6) is 2.75. The van der Waals surface area contributed by atoms with Gasteiger partial charge < -0.3 is 9.26 Å². The van der Waals surface area contributed by atoms with Crippen LogP contribution in [0.5, 0.6) is 0 Å². The number of nitrogens with zero attached hydrogens (tertiary/aromatic N) is 1. The normalized spacial score (nSPS) is 25.7. The van der Waals surface area contributed by atoms with E-state index in [9.17, 15) is 4.79 Å². The van der Waals surface area contributed by atoms with Crippen molar-refractivity contribution in [2.24, 2.45) is 17.8 Å². The molecule has 0 amide bonds. The Morgan fingerprint density at radius 1 is 1.22 bits per heavy atom. The Hall–Kier alpha value is -2.10. The fraction of sp³-hybridized carbons (Fsp3) is 0.474. The van der Waals surface area contributed by atoms with Gasteiger partial charge in [-0.1, -0.05) is 41.9 Å². The lowest BCUT2D eigenvalue weighted by atomic mass is 9.86. The van der Waals surface area contributed by atoms with Crippen molar-refractivity contribution in [1.29, 1.82) is 0 Å². The van der Waals surface area contributed by atoms with E-state index in [4.69, 9.17) is 9.26 Å². The molecule has 4 rings (SSSR count). The highest BCUT2D eigenvalue weighted by atomic mass is 16.5. The number of fused-ring (bicyclic) bond motifs is 2. The van der Waals surface area contributed by atoms with E-state index in [-0.39, 0.29) is 12.6 Å². The van der Waals surface area contributed by atoms with Crippen LogP contribution in [0.25, 0.3) is 11.3 Å². The minimum atomic E-state index is -0.105. The molecule has 120 valence electrons. The van der Waals surface area contributed by atoms with E-state index in [1.807, 2.05) is 36.4 Å². The lowest BCUT2D eigenvalue weighted by Gasteiger charge is -2.20. The lowest BCUT2D eigenvalue weighted by molar-refractivity contribution is -0.146. The maximum atomic E-state index is 12.0. The first-order chi connectivity index (χ1) is 11.3. The van der Waals surface area contributed by atoms with Gasteiger partial charge in [0.15, 0.2) is 5.76 Å². The highest BCUT2D eigenvalue weighted by molar-refractivity contribution is 5.69. The van der Waals surface area contributed by atoms with Crippen molar-refractivity contribution in [3.05, 3.63) is 42.1 Å². The Bertz CT molecular complexity index is 679. The number of hydrogen-bond donors (Lipinski definition) is 0. The molecule has 1 aromatic heterocycles. The number of benzene rings is 1. The second-order valence-electron chi connectivity index (χ2n) is 6.85. The van der Waals surface area contributed by atoms with Crippen molar-refractivity contribution in [2.75, 3.05) is 0 Å². The number of hydrogen-bond acceptors (Lipinski definition) is 4. The first-order valence-corrected chi connectivity index (χ1v) is 8.44. The summed E-state index contributed by atoms with van der Waals surface area (Å²) in [4.78, 5) is 12.0. The lowest BCUT2D eigenvalue weighted by Crippen LogP contribution is -2.16. The van der Waals surface area contributed by atoms with E-state index >= 15 is 0 Å². The second kappa shape index (κ2) is 6.19. The molecule has 3 atom stereocenters. The zero-order chi connectivity index (χ0) is 15.6. The molecule has 4 heteroatoms. The van der Waals surface area contributed by atoms with Crippen LogP contribution in [0.1, 0.15) is 37.8 Å². The molecular formula is C19H21NO3. The fourth-order valence-corrected chi connectivity index (χ4v) is 4.17. The van der Waals surface area contributed by atoms with Gasteiger partial charge in [0.1, 0.15) is 12.3 Å². The van der Waals surface area contributed by atoms with E-state index in [2.05, 4.69) is 5.16 Å². The van der Waals surface area contributed by atoms with Crippen LogP contribution in [-0.2, 0) is 16.1 Å². The SMILES string of the molecule is O=C(C[C@@H]1C[C@H]2CC[C@@H]1C2)OCc1cc(-c2ccccc2)on1. The number of aromatic nitrogens is 1. The molecule has 1 heterocycles. The molecular weight excluding hydrogens is 290 g/mol. The van der Waals surface area contributed by atoms with Gasteiger partial charge in [0.2, 0.25) is 0 Å². The van der Waals surface area contributed by atoms with Gasteiger partial charge in [0.25, 0.3) is 0 Å². The molecule has 2 aromatic rings. The molecule has 4 nitrogen and oxygen atoms in total. The van der Waals surface area contributed by atoms with Crippen LogP contribution in [0.2, 0.25) is 0 Å². The molecule has 2 aliphatic rings. The standard InChI is InChI=1S/C19H21NO3/c21-19(10-16-9-13-6-7-15(16)8-13)22-12-17-11-18(23-20-17)14-4-2-1-3-5-14/h1-5,11,13,15-16H,6-10,12H2/t13-,15+,16-/m0/s1. The van der Waals surface area contributed by atoms with Crippen LogP contribution in [0, 0.1) is 17.8 Å². The van der Waals surface area contributed by atoms with Crippen molar-refractivity contribution in [2.45, 2.75) is 38.7 Å². The molecule has 2 fully saturated rings. The second-order valence-corrected chi connectivity index (χ2v) is 6.85. The van der Waals surface area contributed by atoms with E-state index in [0.29, 0.717) is 23.8 Å². The third-order valence-corrected chi connectivity index (χ3v) is 5.31. The Labute approximate surface area is 135 Å². The molecule has 0 aliphatic heterocycles. The molecule has 0 N–H and O–H groups in total. The molecule has 2 saturated carbocycles. The Kier molecular flexibility index (Phi) is 3.90. The number of esters is 1. The third kappa shape index (κ3) is 3.16. The van der Waals surface area contributed by atoms with E-state index in [0.717, 1.165) is 17.4 Å². The first kappa shape index (κ1) is 14.5. The van der Waals surface area contributed by atoms with Gasteiger partial charge in [0, 0.05) is 18.1 Å². The van der Waals surface area contributed by atoms with Crippen molar-refractivity contribution in [3.8, 4) is 11.3 Å². The molecule has 0 saturated heterocycles. The highest BCUT2D eigenvalue weighted by Crippen LogP contribution is 2.49. The maximum Gasteiger partial charge on any atom is 0.306 e. The summed E-state index contributed by atoms with van der Waals surface area (Å²) in [7, 11) is 0. The summed E-state index contributed by atoms with van der Waals surface area (Å²) >= 11 is 0. The van der Waals surface area contributed by atoms with Gasteiger partial charge in [-0.15, -0.1) is 0 Å². The van der Waals surface area contributed by atoms with Crippen molar-refractivity contribution < 1.29 is 14.1 Å².